The van der Waals surface area contributed by atoms with E-state index in [1.54, 1.807) is 6.07 Å². The molecule has 0 bridgehead atoms. The molecule has 0 saturated carbocycles. The molecule has 0 aliphatic heterocycles. The Balaban J connectivity index is 2.46. The summed E-state index contributed by atoms with van der Waals surface area (Å²) >= 11 is 0. The van der Waals surface area contributed by atoms with Gasteiger partial charge in [0.1, 0.15) is 0 Å². The lowest BCUT2D eigenvalue weighted by Gasteiger charge is -2.13. The monoisotopic (exact) mass is 329 g/mol. The fraction of sp³-hybridized carbons (Fsp3) is 0.0714. The van der Waals surface area contributed by atoms with Gasteiger partial charge >= 0.3 is 6.18 Å². The fourth-order valence-corrected chi connectivity index (χ4v) is 2.83. The van der Waals surface area contributed by atoms with Gasteiger partial charge in [0.2, 0.25) is 0 Å². The highest BCUT2D eigenvalue weighted by molar-refractivity contribution is 7.92. The molecule has 0 atom stereocenters. The molecule has 0 aliphatic rings. The summed E-state index contributed by atoms with van der Waals surface area (Å²) in [6.45, 7) is 0. The highest BCUT2D eigenvalue weighted by atomic mass is 32.2. The lowest BCUT2D eigenvalue weighted by molar-refractivity contribution is -0.137. The van der Waals surface area contributed by atoms with Crippen molar-refractivity contribution >= 4 is 22.0 Å². The molecule has 4 nitrogen and oxygen atoms in total. The zero-order chi connectivity index (χ0) is 16.4. The third-order valence-corrected chi connectivity index (χ3v) is 4.19. The fourth-order valence-electron chi connectivity index (χ4n) is 1.73. The van der Waals surface area contributed by atoms with E-state index < -0.39 is 27.5 Å². The number of benzene rings is 2. The van der Waals surface area contributed by atoms with Crippen LogP contribution in [0.5, 0.6) is 0 Å². The number of alkyl halides is 3. The van der Waals surface area contributed by atoms with Gasteiger partial charge in [-0.2, -0.15) is 13.2 Å². The van der Waals surface area contributed by atoms with E-state index in [0.29, 0.717) is 12.1 Å². The summed E-state index contributed by atoms with van der Waals surface area (Å²) in [7, 11) is -4.08. The number of rotatable bonds is 4. The lowest BCUT2D eigenvalue weighted by Crippen LogP contribution is -2.15. The summed E-state index contributed by atoms with van der Waals surface area (Å²) in [5.74, 6) is 0. The molecule has 0 fully saturated rings. The molecule has 0 saturated heterocycles. The number of sulfonamides is 1. The summed E-state index contributed by atoms with van der Waals surface area (Å²) in [6.07, 6.45) is -4.36. The number of hydrogen-bond donors (Lipinski definition) is 1. The molecule has 8 heteroatoms. The molecule has 0 radical (unpaired) electrons. The topological polar surface area (TPSA) is 63.2 Å². The number of nitrogens with one attached hydrogen (secondary N) is 1. The highest BCUT2D eigenvalue weighted by Crippen LogP contribution is 2.32. The Morgan fingerprint density at radius 3 is 2.18 bits per heavy atom. The normalized spacial score (nSPS) is 12.0. The molecule has 0 heterocycles. The first-order chi connectivity index (χ1) is 10.2. The van der Waals surface area contributed by atoms with Crippen molar-refractivity contribution in [1.82, 2.24) is 0 Å². The average molecular weight is 329 g/mol. The van der Waals surface area contributed by atoms with Crippen LogP contribution >= 0.6 is 0 Å². The third-order valence-electron chi connectivity index (χ3n) is 2.81. The number of aldehydes is 1. The summed E-state index contributed by atoms with van der Waals surface area (Å²) in [5, 5.41) is 0. The molecule has 2 aromatic rings. The predicted molar refractivity (Wildman–Crippen MR) is 74.1 cm³/mol. The molecule has 0 aromatic heterocycles. The maximum absolute atomic E-state index is 12.7. The number of halogens is 3. The number of carbonyl (C=O) groups excluding carboxylic acids is 1. The van der Waals surface area contributed by atoms with Gasteiger partial charge in [0.25, 0.3) is 10.0 Å². The molecule has 0 unspecified atom stereocenters. The quantitative estimate of drug-likeness (QED) is 0.875. The van der Waals surface area contributed by atoms with Crippen molar-refractivity contribution in [3.8, 4) is 0 Å². The van der Waals surface area contributed by atoms with Gasteiger partial charge in [0, 0.05) is 5.56 Å². The van der Waals surface area contributed by atoms with Crippen LogP contribution in [0.25, 0.3) is 0 Å². The molecule has 2 aromatic carbocycles. The van der Waals surface area contributed by atoms with Crippen molar-refractivity contribution in [2.45, 2.75) is 11.1 Å². The second kappa shape index (κ2) is 5.80. The molecule has 0 aliphatic carbocycles. The standard InChI is InChI=1S/C14H10F3NO3S/c15-14(16,17)11-7-6-10(9-19)13(8-11)18-22(20,21)12-4-2-1-3-5-12/h1-9,18H. The van der Waals surface area contributed by atoms with E-state index >= 15 is 0 Å². The van der Waals surface area contributed by atoms with E-state index in [0.717, 1.165) is 6.07 Å². The Hall–Kier alpha value is -2.35. The second-order valence-corrected chi connectivity index (χ2v) is 6.02. The van der Waals surface area contributed by atoms with Crippen LogP contribution in [-0.4, -0.2) is 14.7 Å². The number of anilines is 1. The van der Waals surface area contributed by atoms with Crippen LogP contribution < -0.4 is 4.72 Å². The van der Waals surface area contributed by atoms with E-state index in [-0.39, 0.29) is 16.7 Å². The Labute approximate surface area is 124 Å². The first-order valence-electron chi connectivity index (χ1n) is 5.98. The van der Waals surface area contributed by atoms with E-state index in [4.69, 9.17) is 0 Å². The van der Waals surface area contributed by atoms with Crippen LogP contribution in [0.1, 0.15) is 15.9 Å². The van der Waals surface area contributed by atoms with Gasteiger partial charge in [0.05, 0.1) is 16.1 Å². The lowest BCUT2D eigenvalue weighted by atomic mass is 10.1. The summed E-state index contributed by atoms with van der Waals surface area (Å²) in [6, 6.07) is 9.34. The van der Waals surface area contributed by atoms with Crippen molar-refractivity contribution in [2.75, 3.05) is 4.72 Å². The van der Waals surface area contributed by atoms with E-state index in [9.17, 15) is 26.4 Å². The van der Waals surface area contributed by atoms with Crippen molar-refractivity contribution < 1.29 is 26.4 Å². The Morgan fingerprint density at radius 2 is 1.64 bits per heavy atom. The van der Waals surface area contributed by atoms with Gasteiger partial charge in [-0.15, -0.1) is 0 Å². The van der Waals surface area contributed by atoms with E-state index in [1.807, 2.05) is 4.72 Å². The zero-order valence-electron chi connectivity index (χ0n) is 11.0. The minimum absolute atomic E-state index is 0.121. The van der Waals surface area contributed by atoms with E-state index in [1.165, 1.54) is 24.3 Å². The van der Waals surface area contributed by atoms with Crippen molar-refractivity contribution in [3.63, 3.8) is 0 Å². The minimum atomic E-state index is -4.64. The number of carbonyl (C=O) groups is 1. The Bertz CT molecular complexity index is 787. The van der Waals surface area contributed by atoms with Crippen LogP contribution in [-0.2, 0) is 16.2 Å². The maximum atomic E-state index is 12.7. The van der Waals surface area contributed by atoms with Crippen molar-refractivity contribution in [1.29, 1.82) is 0 Å². The van der Waals surface area contributed by atoms with Gasteiger partial charge in [-0.3, -0.25) is 9.52 Å². The average Bonchev–Trinajstić information content (AvgIpc) is 2.47. The van der Waals surface area contributed by atoms with Crippen LogP contribution in [0, 0.1) is 0 Å². The van der Waals surface area contributed by atoms with Gasteiger partial charge in [-0.1, -0.05) is 18.2 Å². The number of hydrogen-bond acceptors (Lipinski definition) is 3. The summed E-state index contributed by atoms with van der Waals surface area (Å²) in [5.41, 5.74) is -1.66. The third kappa shape index (κ3) is 3.45. The summed E-state index contributed by atoms with van der Waals surface area (Å²) in [4.78, 5) is 10.8. The van der Waals surface area contributed by atoms with Gasteiger partial charge in [-0.25, -0.2) is 8.42 Å². The van der Waals surface area contributed by atoms with Crippen molar-refractivity contribution in [2.24, 2.45) is 0 Å². The second-order valence-electron chi connectivity index (χ2n) is 4.34. The summed E-state index contributed by atoms with van der Waals surface area (Å²) < 4.78 is 64.3. The largest absolute Gasteiger partial charge is 0.416 e. The van der Waals surface area contributed by atoms with Crippen LogP contribution in [0.3, 0.4) is 0 Å². The van der Waals surface area contributed by atoms with Crippen LogP contribution in [0.4, 0.5) is 18.9 Å². The Kier molecular flexibility index (Phi) is 4.23. The van der Waals surface area contributed by atoms with Crippen molar-refractivity contribution in [3.05, 3.63) is 59.7 Å². The van der Waals surface area contributed by atoms with Gasteiger partial charge in [-0.05, 0) is 30.3 Å². The smallest absolute Gasteiger partial charge is 0.298 e. The maximum Gasteiger partial charge on any atom is 0.416 e. The molecule has 116 valence electrons. The van der Waals surface area contributed by atoms with Crippen LogP contribution in [0.15, 0.2) is 53.4 Å². The van der Waals surface area contributed by atoms with Gasteiger partial charge < -0.3 is 0 Å². The van der Waals surface area contributed by atoms with Gasteiger partial charge in [0.15, 0.2) is 6.29 Å². The SMILES string of the molecule is O=Cc1ccc(C(F)(F)F)cc1NS(=O)(=O)c1ccccc1. The van der Waals surface area contributed by atoms with E-state index in [2.05, 4.69) is 0 Å². The molecule has 22 heavy (non-hydrogen) atoms. The molecule has 0 spiro atoms. The first-order valence-corrected chi connectivity index (χ1v) is 7.46. The molecule has 1 N–H and O–H groups in total. The predicted octanol–water partition coefficient (Wildman–Crippen LogP) is 3.32. The molecule has 0 amide bonds. The Morgan fingerprint density at radius 1 is 1.00 bits per heavy atom. The zero-order valence-corrected chi connectivity index (χ0v) is 11.8. The molecular weight excluding hydrogens is 319 g/mol. The first kappa shape index (κ1) is 16.0. The molecular formula is C14H10F3NO3S. The van der Waals surface area contributed by atoms with Crippen LogP contribution in [0.2, 0.25) is 0 Å². The highest BCUT2D eigenvalue weighted by Gasteiger charge is 2.31. The minimum Gasteiger partial charge on any atom is -0.298 e. The molecule has 2 rings (SSSR count).